The smallest absolute Gasteiger partial charge is 0.227 e. The van der Waals surface area contributed by atoms with Gasteiger partial charge < -0.3 is 14.7 Å². The average molecular weight is 409 g/mol. The average Bonchev–Trinajstić information content (AvgIpc) is 3.10. The molecule has 2 atom stereocenters. The van der Waals surface area contributed by atoms with Crippen LogP contribution in [0.2, 0.25) is 0 Å². The molecule has 0 bridgehead atoms. The molecule has 1 aromatic carbocycles. The maximum Gasteiger partial charge on any atom is 0.227 e. The Morgan fingerprint density at radius 3 is 3.04 bits per heavy atom. The maximum atomic E-state index is 14.6. The first-order valence-electron chi connectivity index (χ1n) is 8.93. The molecule has 0 spiro atoms. The van der Waals surface area contributed by atoms with E-state index in [1.54, 1.807) is 19.3 Å². The zero-order valence-electron chi connectivity index (χ0n) is 15.2. The lowest BCUT2D eigenvalue weighted by Crippen LogP contribution is -2.36. The zero-order chi connectivity index (χ0) is 19.2. The van der Waals surface area contributed by atoms with Crippen LogP contribution >= 0.6 is 23.1 Å². The molecule has 1 saturated heterocycles. The number of fused-ring (bicyclic) bond motifs is 1. The molecular weight excluding hydrogens is 387 g/mol. The number of thiazole rings is 1. The third-order valence-electron chi connectivity index (χ3n) is 5.16. The molecule has 2 aliphatic rings. The summed E-state index contributed by atoms with van der Waals surface area (Å²) in [4.78, 5) is 19.2. The Kier molecular flexibility index (Phi) is 5.00. The Balaban J connectivity index is 1.65. The van der Waals surface area contributed by atoms with Gasteiger partial charge in [0.05, 0.1) is 28.2 Å². The van der Waals surface area contributed by atoms with Gasteiger partial charge in [0.15, 0.2) is 4.34 Å². The van der Waals surface area contributed by atoms with Crippen LogP contribution in [0, 0.1) is 5.82 Å². The number of hydrogen-bond acceptors (Lipinski definition) is 6. The van der Waals surface area contributed by atoms with E-state index in [2.05, 4.69) is 4.98 Å². The predicted octanol–water partition coefficient (Wildman–Crippen LogP) is 3.73. The SMILES string of the molecule is C[C@H]1C[C@@](O)(c2cnc(Sc3c(F)ccc4c3N(C)C(=O)CC4)s2)CCO1. The number of aryl methyl sites for hydroxylation is 1. The van der Waals surface area contributed by atoms with Gasteiger partial charge in [0.2, 0.25) is 5.91 Å². The molecule has 0 saturated carbocycles. The number of amides is 1. The Morgan fingerprint density at radius 1 is 1.44 bits per heavy atom. The van der Waals surface area contributed by atoms with Crippen molar-refractivity contribution >= 4 is 34.7 Å². The molecular formula is C19H21FN2O3S2. The normalized spacial score (nSPS) is 25.6. The number of nitrogens with zero attached hydrogens (tertiary/aromatic N) is 2. The number of aliphatic hydroxyl groups is 1. The molecule has 2 aliphatic heterocycles. The molecule has 144 valence electrons. The zero-order valence-corrected chi connectivity index (χ0v) is 16.8. The molecule has 8 heteroatoms. The number of halogens is 1. The van der Waals surface area contributed by atoms with Gasteiger partial charge in [-0.1, -0.05) is 17.8 Å². The fraction of sp³-hybridized carbons (Fsp3) is 0.474. The fourth-order valence-electron chi connectivity index (χ4n) is 3.68. The molecule has 27 heavy (non-hydrogen) atoms. The summed E-state index contributed by atoms with van der Waals surface area (Å²) in [5.74, 6) is -0.379. The number of ether oxygens (including phenoxy) is 1. The van der Waals surface area contributed by atoms with Gasteiger partial charge in [-0.05, 0) is 25.0 Å². The summed E-state index contributed by atoms with van der Waals surface area (Å²) in [6.45, 7) is 2.45. The topological polar surface area (TPSA) is 62.7 Å². The van der Waals surface area contributed by atoms with Gasteiger partial charge in [-0.25, -0.2) is 9.37 Å². The van der Waals surface area contributed by atoms with Crippen molar-refractivity contribution in [1.29, 1.82) is 0 Å². The van der Waals surface area contributed by atoms with Crippen LogP contribution in [0.3, 0.4) is 0 Å². The van der Waals surface area contributed by atoms with Gasteiger partial charge in [-0.15, -0.1) is 11.3 Å². The van der Waals surface area contributed by atoms with Crippen LogP contribution in [-0.4, -0.2) is 35.8 Å². The van der Waals surface area contributed by atoms with Crippen molar-refractivity contribution in [2.24, 2.45) is 0 Å². The standard InChI is InChI=1S/C19H21FN2O3S2/c1-11-9-19(24,7-8-25-11)14-10-21-18(26-14)27-17-13(20)5-3-12-4-6-15(23)22(2)16(12)17/h3,5,10-11,24H,4,6-9H2,1-2H3/t11-,19+/m0/s1. The van der Waals surface area contributed by atoms with E-state index in [9.17, 15) is 14.3 Å². The first-order valence-corrected chi connectivity index (χ1v) is 10.6. The van der Waals surface area contributed by atoms with Crippen molar-refractivity contribution in [2.45, 2.75) is 53.5 Å². The summed E-state index contributed by atoms with van der Waals surface area (Å²) in [6.07, 6.45) is 3.76. The minimum absolute atomic E-state index is 0.0136. The van der Waals surface area contributed by atoms with Gasteiger partial charge in [-0.3, -0.25) is 4.79 Å². The lowest BCUT2D eigenvalue weighted by molar-refractivity contribution is -0.118. The van der Waals surface area contributed by atoms with Crippen molar-refractivity contribution in [3.8, 4) is 0 Å². The molecule has 0 aliphatic carbocycles. The van der Waals surface area contributed by atoms with Crippen LogP contribution in [0.1, 0.15) is 36.6 Å². The van der Waals surface area contributed by atoms with Gasteiger partial charge in [0, 0.05) is 32.5 Å². The maximum absolute atomic E-state index is 14.6. The van der Waals surface area contributed by atoms with E-state index in [1.807, 2.05) is 6.92 Å². The number of rotatable bonds is 3. The minimum Gasteiger partial charge on any atom is -0.384 e. The van der Waals surface area contributed by atoms with E-state index in [-0.39, 0.29) is 17.8 Å². The number of carbonyl (C=O) groups excluding carboxylic acids is 1. The van der Waals surface area contributed by atoms with Gasteiger partial charge in [-0.2, -0.15) is 0 Å². The van der Waals surface area contributed by atoms with Crippen molar-refractivity contribution in [3.63, 3.8) is 0 Å². The van der Waals surface area contributed by atoms with Crippen LogP contribution in [0.5, 0.6) is 0 Å². The van der Waals surface area contributed by atoms with E-state index < -0.39 is 5.60 Å². The van der Waals surface area contributed by atoms with Crippen molar-refractivity contribution in [3.05, 3.63) is 34.6 Å². The van der Waals surface area contributed by atoms with Crippen LogP contribution in [-0.2, 0) is 21.6 Å². The third kappa shape index (κ3) is 3.51. The molecule has 1 aromatic heterocycles. The molecule has 3 heterocycles. The number of carbonyl (C=O) groups is 1. The second kappa shape index (κ2) is 7.16. The summed E-state index contributed by atoms with van der Waals surface area (Å²) < 4.78 is 20.8. The van der Waals surface area contributed by atoms with Gasteiger partial charge in [0.1, 0.15) is 11.4 Å². The van der Waals surface area contributed by atoms with Crippen LogP contribution in [0.25, 0.3) is 0 Å². The van der Waals surface area contributed by atoms with Crippen LogP contribution in [0.15, 0.2) is 27.6 Å². The van der Waals surface area contributed by atoms with E-state index in [4.69, 9.17) is 4.74 Å². The highest BCUT2D eigenvalue weighted by molar-refractivity contribution is 8.01. The minimum atomic E-state index is -0.949. The summed E-state index contributed by atoms with van der Waals surface area (Å²) in [6, 6.07) is 3.20. The second-order valence-corrected chi connectivity index (χ2v) is 9.38. The first kappa shape index (κ1) is 18.9. The fourth-order valence-corrected chi connectivity index (χ4v) is 5.96. The molecule has 2 aromatic rings. The van der Waals surface area contributed by atoms with Crippen LogP contribution < -0.4 is 4.90 Å². The number of aromatic nitrogens is 1. The first-order chi connectivity index (χ1) is 12.9. The quantitative estimate of drug-likeness (QED) is 0.839. The largest absolute Gasteiger partial charge is 0.384 e. The van der Waals surface area contributed by atoms with Crippen molar-refractivity contribution in [1.82, 2.24) is 4.98 Å². The molecule has 4 rings (SSSR count). The van der Waals surface area contributed by atoms with E-state index >= 15 is 0 Å². The number of anilines is 1. The van der Waals surface area contributed by atoms with E-state index in [1.165, 1.54) is 34.1 Å². The molecule has 1 fully saturated rings. The summed E-state index contributed by atoms with van der Waals surface area (Å²) >= 11 is 2.59. The molecule has 0 unspecified atom stereocenters. The molecule has 0 radical (unpaired) electrons. The summed E-state index contributed by atoms with van der Waals surface area (Å²) in [5, 5.41) is 11.0. The predicted molar refractivity (Wildman–Crippen MR) is 103 cm³/mol. The van der Waals surface area contributed by atoms with E-state index in [0.29, 0.717) is 47.2 Å². The van der Waals surface area contributed by atoms with Gasteiger partial charge in [0.25, 0.3) is 0 Å². The molecule has 1 amide bonds. The Hall–Kier alpha value is -1.48. The summed E-state index contributed by atoms with van der Waals surface area (Å²) in [7, 11) is 1.68. The van der Waals surface area contributed by atoms with Gasteiger partial charge >= 0.3 is 0 Å². The lowest BCUT2D eigenvalue weighted by Gasteiger charge is -2.34. The Bertz CT molecular complexity index is 888. The highest BCUT2D eigenvalue weighted by atomic mass is 32.2. The Morgan fingerprint density at radius 2 is 2.26 bits per heavy atom. The highest BCUT2D eigenvalue weighted by Crippen LogP contribution is 2.45. The number of hydrogen-bond donors (Lipinski definition) is 1. The monoisotopic (exact) mass is 408 g/mol. The third-order valence-corrected chi connectivity index (χ3v) is 7.52. The van der Waals surface area contributed by atoms with E-state index in [0.717, 1.165) is 10.4 Å². The molecule has 1 N–H and O–H groups in total. The van der Waals surface area contributed by atoms with Crippen molar-refractivity contribution in [2.75, 3.05) is 18.6 Å². The second-order valence-electron chi connectivity index (χ2n) is 7.10. The number of benzene rings is 1. The Labute approximate surface area is 165 Å². The highest BCUT2D eigenvalue weighted by Gasteiger charge is 2.37. The van der Waals surface area contributed by atoms with Crippen molar-refractivity contribution < 1.29 is 19.0 Å². The molecule has 5 nitrogen and oxygen atoms in total. The summed E-state index contributed by atoms with van der Waals surface area (Å²) in [5.41, 5.74) is 0.649. The van der Waals surface area contributed by atoms with Crippen LogP contribution in [0.4, 0.5) is 10.1 Å². The lowest BCUT2D eigenvalue weighted by atomic mass is 9.90.